The van der Waals surface area contributed by atoms with Gasteiger partial charge in [-0.1, -0.05) is 43.7 Å². The molecule has 1 N–H and O–H groups in total. The van der Waals surface area contributed by atoms with E-state index in [0.717, 1.165) is 30.0 Å². The van der Waals surface area contributed by atoms with Crippen LogP contribution < -0.4 is 0 Å². The van der Waals surface area contributed by atoms with Crippen LogP contribution in [0.2, 0.25) is 0 Å². The Bertz CT molecular complexity index is 605. The third-order valence-corrected chi connectivity index (χ3v) is 2.99. The summed E-state index contributed by atoms with van der Waals surface area (Å²) >= 11 is 0. The van der Waals surface area contributed by atoms with Gasteiger partial charge in [0.15, 0.2) is 0 Å². The lowest BCUT2D eigenvalue weighted by atomic mass is 9.97. The van der Waals surface area contributed by atoms with Crippen molar-refractivity contribution in [1.82, 2.24) is 0 Å². The van der Waals surface area contributed by atoms with Gasteiger partial charge in [-0.15, -0.1) is 0 Å². The quantitative estimate of drug-likeness (QED) is 0.894. The summed E-state index contributed by atoms with van der Waals surface area (Å²) in [5.74, 6) is -1.65. The normalized spacial score (nSPS) is 10.4. The molecule has 0 amide bonds. The Morgan fingerprint density at radius 1 is 1.21 bits per heavy atom. The van der Waals surface area contributed by atoms with E-state index in [0.29, 0.717) is 5.56 Å². The van der Waals surface area contributed by atoms with Crippen LogP contribution in [0.5, 0.6) is 0 Å². The molecule has 2 nitrogen and oxygen atoms in total. The smallest absolute Gasteiger partial charge is 0.336 e. The van der Waals surface area contributed by atoms with Crippen LogP contribution in [0, 0.1) is 5.82 Å². The molecule has 0 bridgehead atoms. The molecule has 0 saturated heterocycles. The number of aromatic carboxylic acids is 1. The van der Waals surface area contributed by atoms with E-state index in [1.807, 2.05) is 24.3 Å². The van der Waals surface area contributed by atoms with Crippen LogP contribution in [0.1, 0.15) is 29.3 Å². The highest BCUT2D eigenvalue weighted by molar-refractivity contribution is 5.96. The van der Waals surface area contributed by atoms with Gasteiger partial charge in [0.1, 0.15) is 5.82 Å². The van der Waals surface area contributed by atoms with Gasteiger partial charge in [0.2, 0.25) is 0 Å². The van der Waals surface area contributed by atoms with Crippen LogP contribution >= 0.6 is 0 Å². The van der Waals surface area contributed by atoms with E-state index < -0.39 is 11.8 Å². The zero-order valence-corrected chi connectivity index (χ0v) is 10.7. The molecular formula is C16H15FO2. The van der Waals surface area contributed by atoms with Gasteiger partial charge in [0.25, 0.3) is 0 Å². The van der Waals surface area contributed by atoms with Gasteiger partial charge in [0, 0.05) is 0 Å². The Labute approximate surface area is 111 Å². The van der Waals surface area contributed by atoms with Crippen molar-refractivity contribution in [3.05, 3.63) is 59.4 Å². The highest BCUT2D eigenvalue weighted by Crippen LogP contribution is 2.26. The van der Waals surface area contributed by atoms with E-state index in [4.69, 9.17) is 5.11 Å². The summed E-state index contributed by atoms with van der Waals surface area (Å²) in [5, 5.41) is 9.16. The average molecular weight is 258 g/mol. The summed E-state index contributed by atoms with van der Waals surface area (Å²) in [6.07, 6.45) is 1.97. The van der Waals surface area contributed by atoms with Gasteiger partial charge in [-0.05, 0) is 35.2 Å². The molecule has 0 spiro atoms. The molecule has 0 atom stereocenters. The van der Waals surface area contributed by atoms with Crippen LogP contribution in [-0.2, 0) is 6.42 Å². The maximum atomic E-state index is 13.2. The summed E-state index contributed by atoms with van der Waals surface area (Å²) in [4.78, 5) is 11.2. The second kappa shape index (κ2) is 5.65. The molecule has 0 unspecified atom stereocenters. The molecule has 0 fully saturated rings. The first kappa shape index (κ1) is 13.3. The first-order valence-corrected chi connectivity index (χ1v) is 6.24. The molecule has 2 aromatic carbocycles. The summed E-state index contributed by atoms with van der Waals surface area (Å²) in [7, 11) is 0. The zero-order chi connectivity index (χ0) is 13.8. The summed E-state index contributed by atoms with van der Waals surface area (Å²) < 4.78 is 13.2. The first-order chi connectivity index (χ1) is 9.11. The van der Waals surface area contributed by atoms with Crippen molar-refractivity contribution in [3.8, 4) is 11.1 Å². The van der Waals surface area contributed by atoms with Gasteiger partial charge in [0.05, 0.1) is 5.56 Å². The van der Waals surface area contributed by atoms with Gasteiger partial charge in [-0.3, -0.25) is 0 Å². The number of carbonyl (C=O) groups is 1. The summed E-state index contributed by atoms with van der Waals surface area (Å²) in [6.45, 7) is 2.09. The van der Waals surface area contributed by atoms with Gasteiger partial charge < -0.3 is 5.11 Å². The fourth-order valence-electron chi connectivity index (χ4n) is 2.13. The Morgan fingerprint density at radius 3 is 2.68 bits per heavy atom. The minimum atomic E-state index is -1.12. The summed E-state index contributed by atoms with van der Waals surface area (Å²) in [6, 6.07) is 11.6. The highest BCUT2D eigenvalue weighted by Gasteiger charge is 2.13. The molecule has 0 saturated carbocycles. The number of rotatable bonds is 4. The number of hydrogen-bond donors (Lipinski definition) is 1. The maximum Gasteiger partial charge on any atom is 0.336 e. The monoisotopic (exact) mass is 258 g/mol. The van der Waals surface area contributed by atoms with E-state index in [9.17, 15) is 9.18 Å². The van der Waals surface area contributed by atoms with Crippen molar-refractivity contribution in [2.24, 2.45) is 0 Å². The van der Waals surface area contributed by atoms with Crippen molar-refractivity contribution in [2.75, 3.05) is 0 Å². The van der Waals surface area contributed by atoms with Crippen molar-refractivity contribution >= 4 is 5.97 Å². The highest BCUT2D eigenvalue weighted by atomic mass is 19.1. The van der Waals surface area contributed by atoms with Crippen LogP contribution in [0.15, 0.2) is 42.5 Å². The van der Waals surface area contributed by atoms with E-state index in [1.165, 1.54) is 12.1 Å². The lowest BCUT2D eigenvalue weighted by Crippen LogP contribution is -2.00. The van der Waals surface area contributed by atoms with Gasteiger partial charge in [-0.25, -0.2) is 9.18 Å². The number of carboxylic acid groups (broad SMARTS) is 1. The van der Waals surface area contributed by atoms with Crippen LogP contribution in [0.4, 0.5) is 4.39 Å². The summed E-state index contributed by atoms with van der Waals surface area (Å²) in [5.41, 5.74) is 2.50. The molecule has 19 heavy (non-hydrogen) atoms. The third-order valence-electron chi connectivity index (χ3n) is 2.99. The minimum Gasteiger partial charge on any atom is -0.478 e. The number of aryl methyl sites for hydroxylation is 1. The van der Waals surface area contributed by atoms with Gasteiger partial charge in [-0.2, -0.15) is 0 Å². The average Bonchev–Trinajstić information content (AvgIpc) is 2.39. The van der Waals surface area contributed by atoms with Crippen molar-refractivity contribution in [2.45, 2.75) is 19.8 Å². The van der Waals surface area contributed by atoms with E-state index in [2.05, 4.69) is 6.92 Å². The lowest BCUT2D eigenvalue weighted by molar-refractivity contribution is 0.0697. The van der Waals surface area contributed by atoms with Crippen molar-refractivity contribution in [1.29, 1.82) is 0 Å². The minimum absolute atomic E-state index is 0.00588. The molecular weight excluding hydrogens is 243 g/mol. The topological polar surface area (TPSA) is 37.3 Å². The Morgan fingerprint density at radius 2 is 2.00 bits per heavy atom. The fourth-order valence-corrected chi connectivity index (χ4v) is 2.13. The molecule has 98 valence electrons. The predicted molar refractivity (Wildman–Crippen MR) is 72.8 cm³/mol. The Balaban J connectivity index is 2.52. The second-order valence-corrected chi connectivity index (χ2v) is 4.45. The molecule has 3 heteroatoms. The van der Waals surface area contributed by atoms with Crippen LogP contribution in [0.25, 0.3) is 11.1 Å². The maximum absolute atomic E-state index is 13.2. The molecule has 0 aliphatic carbocycles. The zero-order valence-electron chi connectivity index (χ0n) is 10.7. The number of hydrogen-bond acceptors (Lipinski definition) is 1. The molecule has 2 rings (SSSR count). The van der Waals surface area contributed by atoms with E-state index >= 15 is 0 Å². The molecule has 0 radical (unpaired) electrons. The Kier molecular flexibility index (Phi) is 3.95. The van der Waals surface area contributed by atoms with Crippen molar-refractivity contribution < 1.29 is 14.3 Å². The number of halogens is 1. The predicted octanol–water partition coefficient (Wildman–Crippen LogP) is 4.14. The molecule has 0 aliphatic rings. The number of benzene rings is 2. The van der Waals surface area contributed by atoms with Crippen LogP contribution in [0.3, 0.4) is 0 Å². The molecule has 0 aromatic heterocycles. The standard InChI is InChI=1S/C16H15FO2/c1-2-4-11-5-3-6-12(9-11)14-8-7-13(17)10-15(14)16(18)19/h3,5-10H,2,4H2,1H3,(H,18,19). The molecule has 0 aliphatic heterocycles. The fraction of sp³-hybridized carbons (Fsp3) is 0.188. The Hall–Kier alpha value is -2.16. The largest absolute Gasteiger partial charge is 0.478 e. The second-order valence-electron chi connectivity index (χ2n) is 4.45. The first-order valence-electron chi connectivity index (χ1n) is 6.24. The third kappa shape index (κ3) is 2.99. The SMILES string of the molecule is CCCc1cccc(-c2ccc(F)cc2C(=O)O)c1. The molecule has 2 aromatic rings. The lowest BCUT2D eigenvalue weighted by Gasteiger charge is -2.08. The van der Waals surface area contributed by atoms with Crippen molar-refractivity contribution in [3.63, 3.8) is 0 Å². The van der Waals surface area contributed by atoms with E-state index in [1.54, 1.807) is 0 Å². The number of carboxylic acids is 1. The van der Waals surface area contributed by atoms with Crippen LogP contribution in [-0.4, -0.2) is 11.1 Å². The molecule has 0 heterocycles. The van der Waals surface area contributed by atoms with Gasteiger partial charge >= 0.3 is 5.97 Å². The van der Waals surface area contributed by atoms with E-state index in [-0.39, 0.29) is 5.56 Å².